The highest BCUT2D eigenvalue weighted by atomic mass is 16.6. The highest BCUT2D eigenvalue weighted by Crippen LogP contribution is 2.25. The van der Waals surface area contributed by atoms with Crippen LogP contribution in [0.2, 0.25) is 0 Å². The van der Waals surface area contributed by atoms with Gasteiger partial charge in [-0.3, -0.25) is 0 Å². The lowest BCUT2D eigenvalue weighted by Gasteiger charge is -2.28. The number of rotatable bonds is 6. The minimum atomic E-state index is -0.110. The van der Waals surface area contributed by atoms with Crippen LogP contribution in [0.15, 0.2) is 24.3 Å². The van der Waals surface area contributed by atoms with Gasteiger partial charge in [0, 0.05) is 19.2 Å². The van der Waals surface area contributed by atoms with Crippen LogP contribution < -0.4 is 5.32 Å². The number of nitrogens with zero attached hydrogens (tertiary/aromatic N) is 2. The van der Waals surface area contributed by atoms with Crippen molar-refractivity contribution in [1.82, 2.24) is 4.90 Å². The molecule has 0 bridgehead atoms. The molecule has 1 aromatic rings. The van der Waals surface area contributed by atoms with Gasteiger partial charge in [0.1, 0.15) is 5.69 Å². The van der Waals surface area contributed by atoms with E-state index in [0.717, 1.165) is 13.1 Å². The summed E-state index contributed by atoms with van der Waals surface area (Å²) in [6.45, 7) is 5.95. The Morgan fingerprint density at radius 2 is 1.94 bits per heavy atom. The molecule has 0 heterocycles. The van der Waals surface area contributed by atoms with Crippen LogP contribution in [0.3, 0.4) is 0 Å². The summed E-state index contributed by atoms with van der Waals surface area (Å²) in [4.78, 5) is 13.0. The number of benzene rings is 1. The van der Waals surface area contributed by atoms with Gasteiger partial charge in [-0.25, -0.2) is 5.21 Å². The monoisotopic (exact) mass is 252 g/mol. The molecule has 0 spiro atoms. The maximum absolute atomic E-state index is 11.0. The number of para-hydroxylation sites is 2. The standard InChI is InChI=1S/C13H22N3O2/c1-13(2,10-15(3)4)9-14-11-7-5-6-8-12(11)16(17)18/h5-8,14H,9-10H2,1-4H3,(H,17,18)/q+1. The van der Waals surface area contributed by atoms with Gasteiger partial charge >= 0.3 is 5.69 Å². The van der Waals surface area contributed by atoms with E-state index in [1.807, 2.05) is 20.2 Å². The molecule has 5 nitrogen and oxygen atoms in total. The molecule has 0 unspecified atom stereocenters. The molecular formula is C13H22N3O2+. The molecule has 0 saturated carbocycles. The van der Waals surface area contributed by atoms with Crippen molar-refractivity contribution in [1.29, 1.82) is 0 Å². The van der Waals surface area contributed by atoms with Crippen molar-refractivity contribution in [3.05, 3.63) is 29.2 Å². The third kappa shape index (κ3) is 4.33. The smallest absolute Gasteiger partial charge is 0.339 e. The van der Waals surface area contributed by atoms with E-state index in [1.165, 1.54) is 0 Å². The van der Waals surface area contributed by atoms with Crippen LogP contribution in [0, 0.1) is 10.3 Å². The lowest BCUT2D eigenvalue weighted by atomic mass is 9.93. The van der Waals surface area contributed by atoms with Gasteiger partial charge in [-0.1, -0.05) is 26.0 Å². The van der Waals surface area contributed by atoms with Crippen molar-refractivity contribution in [3.63, 3.8) is 0 Å². The van der Waals surface area contributed by atoms with Crippen molar-refractivity contribution in [2.24, 2.45) is 5.41 Å². The fourth-order valence-electron chi connectivity index (χ4n) is 2.04. The summed E-state index contributed by atoms with van der Waals surface area (Å²) >= 11 is 0. The molecule has 2 N–H and O–H groups in total. The van der Waals surface area contributed by atoms with Gasteiger partial charge < -0.3 is 10.2 Å². The maximum Gasteiger partial charge on any atom is 0.339 e. The van der Waals surface area contributed by atoms with Crippen molar-refractivity contribution >= 4 is 11.4 Å². The van der Waals surface area contributed by atoms with Gasteiger partial charge in [0.15, 0.2) is 0 Å². The highest BCUT2D eigenvalue weighted by molar-refractivity contribution is 5.60. The second kappa shape index (κ2) is 5.82. The van der Waals surface area contributed by atoms with Crippen molar-refractivity contribution in [3.8, 4) is 0 Å². The summed E-state index contributed by atoms with van der Waals surface area (Å²) < 4.78 is 0. The summed E-state index contributed by atoms with van der Waals surface area (Å²) in [5, 5.41) is 12.2. The van der Waals surface area contributed by atoms with Gasteiger partial charge in [-0.15, -0.1) is 0 Å². The van der Waals surface area contributed by atoms with Crippen LogP contribution in [0.4, 0.5) is 11.4 Å². The van der Waals surface area contributed by atoms with Gasteiger partial charge in [-0.2, -0.15) is 0 Å². The van der Waals surface area contributed by atoms with E-state index in [1.54, 1.807) is 18.2 Å². The largest absolute Gasteiger partial charge is 0.379 e. The predicted octanol–water partition coefficient (Wildman–Crippen LogP) is 2.49. The molecule has 0 amide bonds. The molecule has 0 aromatic heterocycles. The van der Waals surface area contributed by atoms with Crippen LogP contribution in [-0.4, -0.2) is 42.2 Å². The van der Waals surface area contributed by atoms with Gasteiger partial charge in [0.05, 0.1) is 4.91 Å². The van der Waals surface area contributed by atoms with E-state index >= 15 is 0 Å². The molecule has 0 saturated heterocycles. The predicted molar refractivity (Wildman–Crippen MR) is 72.3 cm³/mol. The minimum Gasteiger partial charge on any atom is -0.379 e. The highest BCUT2D eigenvalue weighted by Gasteiger charge is 2.22. The lowest BCUT2D eigenvalue weighted by molar-refractivity contribution is -0.729. The fraction of sp³-hybridized carbons (Fsp3) is 0.538. The lowest BCUT2D eigenvalue weighted by Crippen LogP contribution is -2.34. The first-order valence-electron chi connectivity index (χ1n) is 5.95. The Morgan fingerprint density at radius 1 is 1.33 bits per heavy atom. The van der Waals surface area contributed by atoms with Crippen LogP contribution in [0.1, 0.15) is 13.8 Å². The molecule has 100 valence electrons. The summed E-state index contributed by atoms with van der Waals surface area (Å²) in [6, 6.07) is 6.90. The average Bonchev–Trinajstić information content (AvgIpc) is 2.25. The fourth-order valence-corrected chi connectivity index (χ4v) is 2.04. The molecule has 1 aromatic carbocycles. The van der Waals surface area contributed by atoms with Gasteiger partial charge in [0.25, 0.3) is 4.92 Å². The summed E-state index contributed by atoms with van der Waals surface area (Å²) in [7, 11) is 4.06. The Labute approximate surface area is 108 Å². The van der Waals surface area contributed by atoms with Crippen LogP contribution in [-0.2, 0) is 0 Å². The van der Waals surface area contributed by atoms with Crippen molar-refractivity contribution in [2.45, 2.75) is 13.8 Å². The van der Waals surface area contributed by atoms with Crippen LogP contribution in [0.5, 0.6) is 0 Å². The normalized spacial score (nSPS) is 11.6. The molecule has 0 aliphatic rings. The zero-order chi connectivity index (χ0) is 13.8. The first-order valence-corrected chi connectivity index (χ1v) is 5.95. The first-order chi connectivity index (χ1) is 8.32. The molecule has 0 fully saturated rings. The second-order valence-corrected chi connectivity index (χ2v) is 5.55. The van der Waals surface area contributed by atoms with Crippen LogP contribution in [0.25, 0.3) is 0 Å². The van der Waals surface area contributed by atoms with Gasteiger partial charge in [-0.05, 0) is 25.6 Å². The Bertz CT molecular complexity index is 416. The Balaban J connectivity index is 2.71. The topological polar surface area (TPSA) is 55.6 Å². The Hall–Kier alpha value is -1.62. The quantitative estimate of drug-likeness (QED) is 0.764. The zero-order valence-electron chi connectivity index (χ0n) is 11.5. The molecule has 0 atom stereocenters. The molecule has 0 aliphatic carbocycles. The average molecular weight is 252 g/mol. The third-order valence-electron chi connectivity index (χ3n) is 2.61. The van der Waals surface area contributed by atoms with Gasteiger partial charge in [0.2, 0.25) is 0 Å². The SMILES string of the molecule is CN(C)CC(C)(C)CNc1ccccc1[N+](=O)O. The van der Waals surface area contributed by atoms with E-state index < -0.39 is 0 Å². The third-order valence-corrected chi connectivity index (χ3v) is 2.61. The molecule has 0 radical (unpaired) electrons. The van der Waals surface area contributed by atoms with Crippen molar-refractivity contribution < 1.29 is 10.1 Å². The number of hydrogen-bond donors (Lipinski definition) is 2. The van der Waals surface area contributed by atoms with E-state index in [-0.39, 0.29) is 16.0 Å². The summed E-state index contributed by atoms with van der Waals surface area (Å²) in [5.74, 6) is 0. The number of anilines is 1. The second-order valence-electron chi connectivity index (χ2n) is 5.55. The van der Waals surface area contributed by atoms with E-state index in [9.17, 15) is 4.91 Å². The number of hydrogen-bond acceptors (Lipinski definition) is 3. The van der Waals surface area contributed by atoms with E-state index in [0.29, 0.717) is 5.69 Å². The Morgan fingerprint density at radius 3 is 2.50 bits per heavy atom. The summed E-state index contributed by atoms with van der Waals surface area (Å²) in [5.41, 5.74) is 0.944. The molecule has 5 heteroatoms. The zero-order valence-corrected chi connectivity index (χ0v) is 11.5. The summed E-state index contributed by atoms with van der Waals surface area (Å²) in [6.07, 6.45) is 0. The number of nitrogens with one attached hydrogen (secondary N) is 1. The Kier molecular flexibility index (Phi) is 4.67. The maximum atomic E-state index is 11.0. The first kappa shape index (κ1) is 14.4. The molecule has 18 heavy (non-hydrogen) atoms. The van der Waals surface area contributed by atoms with Crippen molar-refractivity contribution in [2.75, 3.05) is 32.5 Å². The molecular weight excluding hydrogens is 230 g/mol. The van der Waals surface area contributed by atoms with Crippen LogP contribution >= 0.6 is 0 Å². The minimum absolute atomic E-state index is 0.0692. The van der Waals surface area contributed by atoms with E-state index in [2.05, 4.69) is 24.1 Å². The van der Waals surface area contributed by atoms with E-state index in [4.69, 9.17) is 5.21 Å². The molecule has 0 aliphatic heterocycles. The molecule has 1 rings (SSSR count).